The number of ketones is 1. The summed E-state index contributed by atoms with van der Waals surface area (Å²) in [6, 6.07) is 0. The van der Waals surface area contributed by atoms with E-state index in [0.717, 1.165) is 43.1 Å². The first-order chi connectivity index (χ1) is 10.4. The summed E-state index contributed by atoms with van der Waals surface area (Å²) < 4.78 is 0. The summed E-state index contributed by atoms with van der Waals surface area (Å²) >= 11 is 0. The zero-order valence-corrected chi connectivity index (χ0v) is 14.3. The lowest BCUT2D eigenvalue weighted by Gasteiger charge is -2.58. The van der Waals surface area contributed by atoms with Gasteiger partial charge in [-0.1, -0.05) is 19.4 Å². The molecule has 0 aromatic rings. The van der Waals surface area contributed by atoms with Crippen LogP contribution in [0.2, 0.25) is 0 Å². The number of aliphatic hydroxyl groups excluding tert-OH is 1. The minimum Gasteiger partial charge on any atom is -0.393 e. The normalized spacial score (nSPS) is 51.4. The summed E-state index contributed by atoms with van der Waals surface area (Å²) in [5.74, 6) is 2.61. The van der Waals surface area contributed by atoms with Crippen LogP contribution in [-0.4, -0.2) is 17.0 Å². The second-order valence-corrected chi connectivity index (χ2v) is 9.00. The molecular weight excluding hydrogens is 272 g/mol. The average molecular weight is 302 g/mol. The van der Waals surface area contributed by atoms with Crippen LogP contribution in [0.3, 0.4) is 0 Å². The summed E-state index contributed by atoms with van der Waals surface area (Å²) in [5.41, 5.74) is 3.01. The standard InChI is InChI=1S/C20H30O2/c1-12-14-5-4-13-15-6-7-18(22)20(15,3)10-8-16(13)19(14,2)11-9-17(12)21/h13,15-16,18,22H,4-11H2,1-3H3/t13-,15-,16-,18?,19-,20-/m0/s1. The smallest absolute Gasteiger partial charge is 0.158 e. The highest BCUT2D eigenvalue weighted by atomic mass is 16.3. The topological polar surface area (TPSA) is 37.3 Å². The van der Waals surface area contributed by atoms with Crippen LogP contribution < -0.4 is 0 Å². The Kier molecular flexibility index (Phi) is 3.18. The molecule has 122 valence electrons. The highest BCUT2D eigenvalue weighted by Gasteiger charge is 2.59. The first kappa shape index (κ1) is 14.9. The van der Waals surface area contributed by atoms with Crippen molar-refractivity contribution >= 4 is 5.78 Å². The van der Waals surface area contributed by atoms with Gasteiger partial charge in [0.1, 0.15) is 0 Å². The molecule has 2 heteroatoms. The fraction of sp³-hybridized carbons (Fsp3) is 0.850. The molecule has 4 rings (SSSR count). The molecule has 4 aliphatic carbocycles. The van der Waals surface area contributed by atoms with Crippen LogP contribution in [0, 0.1) is 28.6 Å². The van der Waals surface area contributed by atoms with Crippen molar-refractivity contribution in [3.63, 3.8) is 0 Å². The zero-order valence-electron chi connectivity index (χ0n) is 14.3. The SMILES string of the molecule is CC1=C2CC[C@@H]3[C@H](CC[C@]4(C)C(O)CC[C@@H]34)[C@@]2(C)CCC1=O. The molecule has 0 amide bonds. The average Bonchev–Trinajstić information content (AvgIpc) is 2.79. The Labute approximate surface area is 134 Å². The molecule has 0 saturated heterocycles. The van der Waals surface area contributed by atoms with E-state index in [1.165, 1.54) is 31.3 Å². The molecule has 0 aromatic carbocycles. The van der Waals surface area contributed by atoms with Crippen LogP contribution in [0.25, 0.3) is 0 Å². The van der Waals surface area contributed by atoms with E-state index >= 15 is 0 Å². The molecule has 0 spiro atoms. The second-order valence-electron chi connectivity index (χ2n) is 9.00. The van der Waals surface area contributed by atoms with E-state index in [0.29, 0.717) is 11.7 Å². The minimum atomic E-state index is -0.0853. The van der Waals surface area contributed by atoms with Gasteiger partial charge in [-0.3, -0.25) is 4.79 Å². The van der Waals surface area contributed by atoms with Gasteiger partial charge in [-0.15, -0.1) is 0 Å². The van der Waals surface area contributed by atoms with E-state index in [1.54, 1.807) is 0 Å². The van der Waals surface area contributed by atoms with E-state index in [4.69, 9.17) is 0 Å². The largest absolute Gasteiger partial charge is 0.393 e. The number of hydrogen-bond acceptors (Lipinski definition) is 2. The maximum Gasteiger partial charge on any atom is 0.158 e. The van der Waals surface area contributed by atoms with Gasteiger partial charge in [0.05, 0.1) is 6.10 Å². The van der Waals surface area contributed by atoms with E-state index < -0.39 is 0 Å². The Morgan fingerprint density at radius 1 is 1.00 bits per heavy atom. The number of carbonyl (C=O) groups is 1. The van der Waals surface area contributed by atoms with Crippen molar-refractivity contribution in [2.45, 2.75) is 78.2 Å². The molecule has 3 fully saturated rings. The van der Waals surface area contributed by atoms with Crippen molar-refractivity contribution in [1.82, 2.24) is 0 Å². The molecule has 3 saturated carbocycles. The number of aliphatic hydroxyl groups is 1. The highest BCUT2D eigenvalue weighted by Crippen LogP contribution is 2.65. The lowest BCUT2D eigenvalue weighted by atomic mass is 9.47. The maximum absolute atomic E-state index is 12.1. The van der Waals surface area contributed by atoms with Crippen molar-refractivity contribution < 1.29 is 9.90 Å². The molecule has 0 aromatic heterocycles. The van der Waals surface area contributed by atoms with Gasteiger partial charge in [0, 0.05) is 6.42 Å². The minimum absolute atomic E-state index is 0.0853. The number of hydrogen-bond donors (Lipinski definition) is 1. The Balaban J connectivity index is 1.72. The molecule has 0 aliphatic heterocycles. The molecule has 0 heterocycles. The van der Waals surface area contributed by atoms with E-state index in [2.05, 4.69) is 20.8 Å². The first-order valence-electron chi connectivity index (χ1n) is 9.29. The van der Waals surface area contributed by atoms with Crippen molar-refractivity contribution in [1.29, 1.82) is 0 Å². The summed E-state index contributed by atoms with van der Waals surface area (Å²) in [7, 11) is 0. The predicted molar refractivity (Wildman–Crippen MR) is 87.3 cm³/mol. The van der Waals surface area contributed by atoms with Gasteiger partial charge in [0.25, 0.3) is 0 Å². The molecule has 6 atom stereocenters. The molecule has 0 radical (unpaired) electrons. The summed E-state index contributed by atoms with van der Waals surface area (Å²) in [4.78, 5) is 12.1. The van der Waals surface area contributed by atoms with Crippen LogP contribution in [0.1, 0.15) is 72.1 Å². The fourth-order valence-corrected chi connectivity index (χ4v) is 6.96. The first-order valence-corrected chi connectivity index (χ1v) is 9.29. The van der Waals surface area contributed by atoms with E-state index in [1.807, 2.05) is 0 Å². The van der Waals surface area contributed by atoms with Crippen LogP contribution in [0.5, 0.6) is 0 Å². The lowest BCUT2D eigenvalue weighted by molar-refractivity contribution is -0.119. The van der Waals surface area contributed by atoms with Gasteiger partial charge in [-0.05, 0) is 86.0 Å². The third-order valence-electron chi connectivity index (χ3n) is 8.36. The van der Waals surface area contributed by atoms with Gasteiger partial charge in [0.15, 0.2) is 5.78 Å². The summed E-state index contributed by atoms with van der Waals surface area (Å²) in [5, 5.41) is 10.5. The van der Waals surface area contributed by atoms with Crippen LogP contribution >= 0.6 is 0 Å². The molecule has 22 heavy (non-hydrogen) atoms. The lowest BCUT2D eigenvalue weighted by Crippen LogP contribution is -2.51. The van der Waals surface area contributed by atoms with Crippen molar-refractivity contribution in [3.05, 3.63) is 11.1 Å². The molecule has 1 N–H and O–H groups in total. The molecular formula is C20H30O2. The third-order valence-corrected chi connectivity index (χ3v) is 8.36. The number of carbonyl (C=O) groups excluding carboxylic acids is 1. The predicted octanol–water partition coefficient (Wildman–Crippen LogP) is 4.27. The second kappa shape index (κ2) is 4.69. The fourth-order valence-electron chi connectivity index (χ4n) is 6.96. The van der Waals surface area contributed by atoms with E-state index in [9.17, 15) is 9.90 Å². The number of fused-ring (bicyclic) bond motifs is 5. The van der Waals surface area contributed by atoms with Gasteiger partial charge in [0.2, 0.25) is 0 Å². The van der Waals surface area contributed by atoms with Gasteiger partial charge >= 0.3 is 0 Å². The Hall–Kier alpha value is -0.630. The van der Waals surface area contributed by atoms with Crippen molar-refractivity contribution in [2.75, 3.05) is 0 Å². The Morgan fingerprint density at radius 3 is 2.55 bits per heavy atom. The highest BCUT2D eigenvalue weighted by molar-refractivity contribution is 5.96. The quantitative estimate of drug-likeness (QED) is 0.725. The van der Waals surface area contributed by atoms with Crippen LogP contribution in [0.15, 0.2) is 11.1 Å². The Bertz CT molecular complexity index is 548. The molecule has 1 unspecified atom stereocenters. The molecule has 0 bridgehead atoms. The van der Waals surface area contributed by atoms with Gasteiger partial charge < -0.3 is 5.11 Å². The van der Waals surface area contributed by atoms with Crippen molar-refractivity contribution in [3.8, 4) is 0 Å². The molecule has 2 nitrogen and oxygen atoms in total. The van der Waals surface area contributed by atoms with Crippen molar-refractivity contribution in [2.24, 2.45) is 28.6 Å². The van der Waals surface area contributed by atoms with Gasteiger partial charge in [-0.2, -0.15) is 0 Å². The number of rotatable bonds is 0. The summed E-state index contributed by atoms with van der Waals surface area (Å²) in [6.07, 6.45) is 8.73. The number of allylic oxidation sites excluding steroid dienone is 1. The molecule has 4 aliphatic rings. The summed E-state index contributed by atoms with van der Waals surface area (Å²) in [6.45, 7) is 6.86. The van der Waals surface area contributed by atoms with Crippen LogP contribution in [-0.2, 0) is 4.79 Å². The monoisotopic (exact) mass is 302 g/mol. The third kappa shape index (κ3) is 1.74. The maximum atomic E-state index is 12.1. The van der Waals surface area contributed by atoms with Gasteiger partial charge in [-0.25, -0.2) is 0 Å². The Morgan fingerprint density at radius 2 is 1.77 bits per heavy atom. The number of Topliss-reactive ketones (excluding diaryl/α,β-unsaturated/α-hetero) is 1. The van der Waals surface area contributed by atoms with E-state index in [-0.39, 0.29) is 16.9 Å². The zero-order chi connectivity index (χ0) is 15.7. The van der Waals surface area contributed by atoms with Crippen LogP contribution in [0.4, 0.5) is 0 Å².